The zero-order chi connectivity index (χ0) is 14.5. The lowest BCUT2D eigenvalue weighted by molar-refractivity contribution is -0.138. The maximum Gasteiger partial charge on any atom is 0.240 e. The fraction of sp³-hybridized carbons (Fsp3) is 0.429. The molecule has 2 amide bonds. The molecule has 108 valence electrons. The van der Waals surface area contributed by atoms with Gasteiger partial charge < -0.3 is 10.6 Å². The zero-order valence-corrected chi connectivity index (χ0v) is 11.9. The molecule has 6 heteroatoms. The van der Waals surface area contributed by atoms with Crippen LogP contribution in [0.25, 0.3) is 0 Å². The minimum absolute atomic E-state index is 0.0946. The molecule has 0 aromatic heterocycles. The van der Waals surface area contributed by atoms with Crippen LogP contribution >= 0.6 is 11.8 Å². The van der Waals surface area contributed by atoms with Crippen molar-refractivity contribution < 1.29 is 14.0 Å². The van der Waals surface area contributed by atoms with Crippen LogP contribution in [0, 0.1) is 5.82 Å². The number of carbonyl (C=O) groups excluding carboxylic acids is 2. The molecular formula is C14H17FN2O2S. The van der Waals surface area contributed by atoms with Crippen molar-refractivity contribution in [1.29, 1.82) is 0 Å². The number of hydrogen-bond donors (Lipinski definition) is 1. The van der Waals surface area contributed by atoms with Gasteiger partial charge in [-0.05, 0) is 43.5 Å². The van der Waals surface area contributed by atoms with Crippen LogP contribution in [0.1, 0.15) is 19.3 Å². The Morgan fingerprint density at radius 2 is 2.00 bits per heavy atom. The quantitative estimate of drug-likeness (QED) is 0.862. The standard InChI is InChI=1S/C14H17FN2O2S/c15-10-4-6-11(7-5-10)20-9-13(18)17-8-2-1-3-12(17)14(16)19/h4-7,12H,1-3,8-9H2,(H2,16,19)/t12-/m1/s1. The van der Waals surface area contributed by atoms with Crippen molar-refractivity contribution in [2.75, 3.05) is 12.3 Å². The molecule has 4 nitrogen and oxygen atoms in total. The third-order valence-electron chi connectivity index (χ3n) is 3.33. The van der Waals surface area contributed by atoms with Gasteiger partial charge in [-0.25, -0.2) is 4.39 Å². The van der Waals surface area contributed by atoms with Crippen molar-refractivity contribution in [2.45, 2.75) is 30.2 Å². The maximum absolute atomic E-state index is 12.8. The Hall–Kier alpha value is -1.56. The number of piperidine rings is 1. The highest BCUT2D eigenvalue weighted by atomic mass is 32.2. The van der Waals surface area contributed by atoms with E-state index < -0.39 is 11.9 Å². The smallest absolute Gasteiger partial charge is 0.240 e. The number of thioether (sulfide) groups is 1. The Kier molecular flexibility index (Phi) is 5.00. The third-order valence-corrected chi connectivity index (χ3v) is 4.32. The summed E-state index contributed by atoms with van der Waals surface area (Å²) in [6.45, 7) is 0.580. The average Bonchev–Trinajstić information content (AvgIpc) is 2.46. The predicted octanol–water partition coefficient (Wildman–Crippen LogP) is 1.78. The summed E-state index contributed by atoms with van der Waals surface area (Å²) >= 11 is 1.33. The van der Waals surface area contributed by atoms with Gasteiger partial charge in [0.15, 0.2) is 0 Å². The lowest BCUT2D eigenvalue weighted by atomic mass is 10.0. The van der Waals surface area contributed by atoms with Crippen molar-refractivity contribution >= 4 is 23.6 Å². The first-order chi connectivity index (χ1) is 9.58. The van der Waals surface area contributed by atoms with Crippen LogP contribution in [-0.2, 0) is 9.59 Å². The number of hydrogen-bond acceptors (Lipinski definition) is 3. The van der Waals surface area contributed by atoms with Gasteiger partial charge >= 0.3 is 0 Å². The summed E-state index contributed by atoms with van der Waals surface area (Å²) in [7, 11) is 0. The Labute approximate surface area is 121 Å². The van der Waals surface area contributed by atoms with E-state index in [1.165, 1.54) is 23.9 Å². The van der Waals surface area contributed by atoms with Crippen LogP contribution < -0.4 is 5.73 Å². The molecule has 0 aliphatic carbocycles. The van der Waals surface area contributed by atoms with E-state index in [1.807, 2.05) is 0 Å². The van der Waals surface area contributed by atoms with Crippen LogP contribution in [0.5, 0.6) is 0 Å². The summed E-state index contributed by atoms with van der Waals surface area (Å²) in [5.74, 6) is -0.603. The lowest BCUT2D eigenvalue weighted by Crippen LogP contribution is -2.51. The number of nitrogens with zero attached hydrogens (tertiary/aromatic N) is 1. The van der Waals surface area contributed by atoms with E-state index >= 15 is 0 Å². The van der Waals surface area contributed by atoms with Gasteiger partial charge in [0.1, 0.15) is 11.9 Å². The van der Waals surface area contributed by atoms with Gasteiger partial charge in [-0.15, -0.1) is 11.8 Å². The molecule has 1 aromatic carbocycles. The van der Waals surface area contributed by atoms with Crippen LogP contribution in [0.3, 0.4) is 0 Å². The molecule has 0 radical (unpaired) electrons. The molecule has 1 saturated heterocycles. The van der Waals surface area contributed by atoms with Crippen molar-refractivity contribution in [3.63, 3.8) is 0 Å². The van der Waals surface area contributed by atoms with E-state index in [4.69, 9.17) is 5.73 Å². The van der Waals surface area contributed by atoms with Gasteiger partial charge in [0.2, 0.25) is 11.8 Å². The minimum Gasteiger partial charge on any atom is -0.368 e. The Bertz CT molecular complexity index is 492. The fourth-order valence-electron chi connectivity index (χ4n) is 2.28. The highest BCUT2D eigenvalue weighted by Crippen LogP contribution is 2.22. The van der Waals surface area contributed by atoms with Gasteiger partial charge in [-0.3, -0.25) is 9.59 Å². The van der Waals surface area contributed by atoms with Crippen LogP contribution in [-0.4, -0.2) is 35.1 Å². The summed E-state index contributed by atoms with van der Waals surface area (Å²) in [4.78, 5) is 25.9. The normalized spacial score (nSPS) is 18.9. The number of nitrogens with two attached hydrogens (primary N) is 1. The molecule has 1 aromatic rings. The molecule has 1 fully saturated rings. The minimum atomic E-state index is -0.481. The molecule has 1 aliphatic heterocycles. The molecule has 1 atom stereocenters. The number of amides is 2. The molecule has 0 unspecified atom stereocenters. The number of benzene rings is 1. The summed E-state index contributed by atoms with van der Waals surface area (Å²) in [6, 6.07) is 5.51. The topological polar surface area (TPSA) is 63.4 Å². The molecule has 2 rings (SSSR count). The molecule has 0 saturated carbocycles. The van der Waals surface area contributed by atoms with Gasteiger partial charge in [0.05, 0.1) is 5.75 Å². The van der Waals surface area contributed by atoms with E-state index in [2.05, 4.69) is 0 Å². The first kappa shape index (κ1) is 14.8. The van der Waals surface area contributed by atoms with Gasteiger partial charge in [0.25, 0.3) is 0 Å². The van der Waals surface area contributed by atoms with Crippen LogP contribution in [0.4, 0.5) is 4.39 Å². The van der Waals surface area contributed by atoms with Crippen molar-refractivity contribution in [3.05, 3.63) is 30.1 Å². The van der Waals surface area contributed by atoms with Gasteiger partial charge in [0, 0.05) is 11.4 Å². The summed E-state index contributed by atoms with van der Waals surface area (Å²) in [5.41, 5.74) is 5.34. The molecule has 0 bridgehead atoms. The first-order valence-corrected chi connectivity index (χ1v) is 7.53. The van der Waals surface area contributed by atoms with E-state index in [0.717, 1.165) is 17.7 Å². The Balaban J connectivity index is 1.93. The number of halogens is 1. The second-order valence-electron chi connectivity index (χ2n) is 4.74. The molecule has 20 heavy (non-hydrogen) atoms. The van der Waals surface area contributed by atoms with Crippen LogP contribution in [0.2, 0.25) is 0 Å². The van der Waals surface area contributed by atoms with Gasteiger partial charge in [-0.2, -0.15) is 0 Å². The first-order valence-electron chi connectivity index (χ1n) is 6.55. The predicted molar refractivity (Wildman–Crippen MR) is 75.7 cm³/mol. The van der Waals surface area contributed by atoms with E-state index in [0.29, 0.717) is 13.0 Å². The highest BCUT2D eigenvalue weighted by molar-refractivity contribution is 8.00. The Morgan fingerprint density at radius 1 is 1.30 bits per heavy atom. The molecule has 2 N–H and O–H groups in total. The van der Waals surface area contributed by atoms with Crippen molar-refractivity contribution in [3.8, 4) is 0 Å². The average molecular weight is 296 g/mol. The van der Waals surface area contributed by atoms with E-state index in [1.54, 1.807) is 17.0 Å². The largest absolute Gasteiger partial charge is 0.368 e. The highest BCUT2D eigenvalue weighted by Gasteiger charge is 2.30. The molecule has 1 aliphatic rings. The molecule has 1 heterocycles. The van der Waals surface area contributed by atoms with Crippen LogP contribution in [0.15, 0.2) is 29.2 Å². The zero-order valence-electron chi connectivity index (χ0n) is 11.0. The summed E-state index contributed by atoms with van der Waals surface area (Å²) in [5, 5.41) is 0. The van der Waals surface area contributed by atoms with E-state index in [-0.39, 0.29) is 17.5 Å². The number of rotatable bonds is 4. The summed E-state index contributed by atoms with van der Waals surface area (Å²) < 4.78 is 12.8. The lowest BCUT2D eigenvalue weighted by Gasteiger charge is -2.33. The maximum atomic E-state index is 12.8. The number of carbonyl (C=O) groups is 2. The van der Waals surface area contributed by atoms with Gasteiger partial charge in [-0.1, -0.05) is 0 Å². The molecular weight excluding hydrogens is 279 g/mol. The third kappa shape index (κ3) is 3.72. The summed E-state index contributed by atoms with van der Waals surface area (Å²) in [6.07, 6.45) is 2.46. The monoisotopic (exact) mass is 296 g/mol. The van der Waals surface area contributed by atoms with Crippen molar-refractivity contribution in [1.82, 2.24) is 4.90 Å². The number of likely N-dealkylation sites (tertiary alicyclic amines) is 1. The van der Waals surface area contributed by atoms with E-state index in [9.17, 15) is 14.0 Å². The SMILES string of the molecule is NC(=O)[C@H]1CCCCN1C(=O)CSc1ccc(F)cc1. The number of primary amides is 1. The Morgan fingerprint density at radius 3 is 2.65 bits per heavy atom. The second kappa shape index (κ2) is 6.74. The second-order valence-corrected chi connectivity index (χ2v) is 5.79. The molecule has 0 spiro atoms. The fourth-order valence-corrected chi connectivity index (χ4v) is 3.07. The van der Waals surface area contributed by atoms with Crippen molar-refractivity contribution in [2.24, 2.45) is 5.73 Å².